The summed E-state index contributed by atoms with van der Waals surface area (Å²) in [6.07, 6.45) is 2.98. The number of fused-ring (bicyclic) bond motifs is 2. The lowest BCUT2D eigenvalue weighted by molar-refractivity contribution is 0.0700. The molecule has 1 aromatic heterocycles. The van der Waals surface area contributed by atoms with Crippen molar-refractivity contribution in [1.82, 2.24) is 19.4 Å². The molecule has 2 saturated heterocycles. The third kappa shape index (κ3) is 3.12. The van der Waals surface area contributed by atoms with Crippen LogP contribution >= 0.6 is 0 Å². The van der Waals surface area contributed by atoms with Crippen molar-refractivity contribution in [3.63, 3.8) is 0 Å². The van der Waals surface area contributed by atoms with Gasteiger partial charge in [-0.05, 0) is 55.1 Å². The molecule has 5 rings (SSSR count). The summed E-state index contributed by atoms with van der Waals surface area (Å²) in [4.78, 5) is 22.9. The SMILES string of the molecule is CCCN1C[C@H]2CN(C(=O)c3ccc4c(c3)ncn4C)[C@H](c3ccccc3C)[C@H]2C1. The lowest BCUT2D eigenvalue weighted by Crippen LogP contribution is -2.36. The molecule has 0 N–H and O–H groups in total. The number of rotatable bonds is 4. The number of aromatic nitrogens is 2. The second-order valence-electron chi connectivity index (χ2n) is 9.00. The van der Waals surface area contributed by atoms with E-state index in [1.807, 2.05) is 29.8 Å². The second kappa shape index (κ2) is 7.55. The van der Waals surface area contributed by atoms with E-state index in [0.717, 1.165) is 42.8 Å². The summed E-state index contributed by atoms with van der Waals surface area (Å²) < 4.78 is 1.99. The normalized spacial score (nSPS) is 24.0. The highest BCUT2D eigenvalue weighted by Gasteiger charge is 2.49. The maximum absolute atomic E-state index is 13.7. The van der Waals surface area contributed by atoms with Crippen LogP contribution in [0.15, 0.2) is 48.8 Å². The van der Waals surface area contributed by atoms with E-state index in [0.29, 0.717) is 11.8 Å². The molecule has 2 aliphatic heterocycles. The molecule has 0 unspecified atom stereocenters. The summed E-state index contributed by atoms with van der Waals surface area (Å²) in [6, 6.07) is 14.6. The average molecular weight is 403 g/mol. The Hall–Kier alpha value is -2.66. The van der Waals surface area contributed by atoms with Crippen molar-refractivity contribution in [3.05, 3.63) is 65.5 Å². The zero-order chi connectivity index (χ0) is 20.8. The van der Waals surface area contributed by atoms with E-state index in [-0.39, 0.29) is 11.9 Å². The summed E-state index contributed by atoms with van der Waals surface area (Å²) >= 11 is 0. The number of carbonyl (C=O) groups excluding carboxylic acids is 1. The number of carbonyl (C=O) groups is 1. The minimum absolute atomic E-state index is 0.132. The summed E-state index contributed by atoms with van der Waals surface area (Å²) in [5.41, 5.74) is 5.25. The predicted molar refractivity (Wildman–Crippen MR) is 119 cm³/mol. The van der Waals surface area contributed by atoms with Crippen molar-refractivity contribution in [2.75, 3.05) is 26.2 Å². The van der Waals surface area contributed by atoms with Crippen molar-refractivity contribution in [2.24, 2.45) is 18.9 Å². The molecule has 5 nitrogen and oxygen atoms in total. The smallest absolute Gasteiger partial charge is 0.254 e. The average Bonchev–Trinajstić information content (AvgIpc) is 3.41. The molecule has 2 aromatic carbocycles. The fraction of sp³-hybridized carbons (Fsp3) is 0.440. The molecule has 0 aliphatic carbocycles. The molecule has 1 amide bonds. The van der Waals surface area contributed by atoms with Crippen molar-refractivity contribution in [2.45, 2.75) is 26.3 Å². The first-order valence-corrected chi connectivity index (χ1v) is 11.1. The highest BCUT2D eigenvalue weighted by atomic mass is 16.2. The number of benzene rings is 2. The topological polar surface area (TPSA) is 41.4 Å². The van der Waals surface area contributed by atoms with Gasteiger partial charge in [-0.3, -0.25) is 4.79 Å². The lowest BCUT2D eigenvalue weighted by atomic mass is 9.87. The van der Waals surface area contributed by atoms with Gasteiger partial charge in [-0.25, -0.2) is 4.98 Å². The first-order valence-electron chi connectivity index (χ1n) is 11.1. The maximum Gasteiger partial charge on any atom is 0.254 e. The van der Waals surface area contributed by atoms with E-state index in [1.54, 1.807) is 6.33 Å². The van der Waals surface area contributed by atoms with Gasteiger partial charge in [0.25, 0.3) is 5.91 Å². The highest BCUT2D eigenvalue weighted by molar-refractivity contribution is 5.98. The van der Waals surface area contributed by atoms with Gasteiger partial charge >= 0.3 is 0 Å². The van der Waals surface area contributed by atoms with Crippen molar-refractivity contribution >= 4 is 16.9 Å². The predicted octanol–water partition coefficient (Wildman–Crippen LogP) is 4.04. The van der Waals surface area contributed by atoms with Gasteiger partial charge in [0.2, 0.25) is 0 Å². The molecule has 0 spiro atoms. The van der Waals surface area contributed by atoms with Crippen LogP contribution in [0.25, 0.3) is 11.0 Å². The fourth-order valence-electron chi connectivity index (χ4n) is 5.60. The van der Waals surface area contributed by atoms with Gasteiger partial charge in [0.1, 0.15) is 0 Å². The van der Waals surface area contributed by atoms with Gasteiger partial charge in [0.15, 0.2) is 0 Å². The third-order valence-corrected chi connectivity index (χ3v) is 7.02. The van der Waals surface area contributed by atoms with Gasteiger partial charge < -0.3 is 14.4 Å². The van der Waals surface area contributed by atoms with Gasteiger partial charge in [-0.2, -0.15) is 0 Å². The van der Waals surface area contributed by atoms with E-state index >= 15 is 0 Å². The Morgan fingerprint density at radius 3 is 2.77 bits per heavy atom. The number of amides is 1. The third-order valence-electron chi connectivity index (χ3n) is 7.02. The minimum atomic E-state index is 0.132. The molecule has 2 aliphatic rings. The number of likely N-dealkylation sites (tertiary alicyclic amines) is 2. The summed E-state index contributed by atoms with van der Waals surface area (Å²) in [5.74, 6) is 1.18. The lowest BCUT2D eigenvalue weighted by Gasteiger charge is -2.31. The van der Waals surface area contributed by atoms with Gasteiger partial charge in [-0.15, -0.1) is 0 Å². The van der Waals surface area contributed by atoms with E-state index in [2.05, 4.69) is 52.9 Å². The monoisotopic (exact) mass is 402 g/mol. The Morgan fingerprint density at radius 2 is 1.97 bits per heavy atom. The molecule has 0 bridgehead atoms. The van der Waals surface area contributed by atoms with Crippen LogP contribution in [0, 0.1) is 18.8 Å². The fourth-order valence-corrected chi connectivity index (χ4v) is 5.60. The molecule has 30 heavy (non-hydrogen) atoms. The number of nitrogens with zero attached hydrogens (tertiary/aromatic N) is 4. The Kier molecular flexibility index (Phi) is 4.86. The van der Waals surface area contributed by atoms with Gasteiger partial charge in [0.05, 0.1) is 23.4 Å². The Bertz CT molecular complexity index is 1090. The largest absolute Gasteiger partial charge is 0.334 e. The number of aryl methyl sites for hydroxylation is 2. The standard InChI is InChI=1S/C25H30N4O/c1-4-11-28-13-19-14-29(24(21(19)15-28)20-8-6-5-7-17(20)2)25(30)18-9-10-23-22(12-18)26-16-27(23)3/h5-10,12,16,19,21,24H,4,11,13-15H2,1-3H3/t19-,21-,24+/m0/s1. The summed E-state index contributed by atoms with van der Waals surface area (Å²) in [6.45, 7) is 8.59. The molecule has 5 heteroatoms. The zero-order valence-electron chi connectivity index (χ0n) is 18.1. The van der Waals surface area contributed by atoms with Crippen LogP contribution in [0.3, 0.4) is 0 Å². The van der Waals surface area contributed by atoms with Crippen LogP contribution in [0.5, 0.6) is 0 Å². The molecule has 3 aromatic rings. The van der Waals surface area contributed by atoms with Gasteiger partial charge in [-0.1, -0.05) is 31.2 Å². The minimum Gasteiger partial charge on any atom is -0.334 e. The van der Waals surface area contributed by atoms with E-state index in [1.165, 1.54) is 17.5 Å². The Balaban J connectivity index is 1.51. The highest BCUT2D eigenvalue weighted by Crippen LogP contribution is 2.46. The van der Waals surface area contributed by atoms with Crippen molar-refractivity contribution in [1.29, 1.82) is 0 Å². The first kappa shape index (κ1) is 19.3. The molecular formula is C25H30N4O. The van der Waals surface area contributed by atoms with Gasteiger partial charge in [0, 0.05) is 38.2 Å². The zero-order valence-corrected chi connectivity index (χ0v) is 18.1. The second-order valence-corrected chi connectivity index (χ2v) is 9.00. The van der Waals surface area contributed by atoms with E-state index in [9.17, 15) is 4.79 Å². The van der Waals surface area contributed by atoms with E-state index in [4.69, 9.17) is 0 Å². The van der Waals surface area contributed by atoms with Crippen LogP contribution < -0.4 is 0 Å². The molecule has 2 fully saturated rings. The summed E-state index contributed by atoms with van der Waals surface area (Å²) in [5, 5.41) is 0. The molecule has 3 atom stereocenters. The molecule has 0 saturated carbocycles. The van der Waals surface area contributed by atoms with Crippen LogP contribution in [0.4, 0.5) is 0 Å². The molecule has 3 heterocycles. The van der Waals surface area contributed by atoms with Crippen LogP contribution in [0.2, 0.25) is 0 Å². The van der Waals surface area contributed by atoms with Crippen molar-refractivity contribution in [3.8, 4) is 0 Å². The van der Waals surface area contributed by atoms with Crippen LogP contribution in [-0.2, 0) is 7.05 Å². The Morgan fingerprint density at radius 1 is 1.13 bits per heavy atom. The van der Waals surface area contributed by atoms with E-state index < -0.39 is 0 Å². The van der Waals surface area contributed by atoms with Crippen molar-refractivity contribution < 1.29 is 4.79 Å². The molecule has 0 radical (unpaired) electrons. The van der Waals surface area contributed by atoms with Crippen LogP contribution in [0.1, 0.15) is 40.9 Å². The maximum atomic E-state index is 13.7. The molecular weight excluding hydrogens is 372 g/mol. The number of hydrogen-bond acceptors (Lipinski definition) is 3. The molecule has 156 valence electrons. The van der Waals surface area contributed by atoms with Crippen LogP contribution in [-0.4, -0.2) is 51.4 Å². The summed E-state index contributed by atoms with van der Waals surface area (Å²) in [7, 11) is 1.98. The number of imidazole rings is 1. The Labute approximate surface area is 178 Å². The first-order chi connectivity index (χ1) is 14.6. The number of hydrogen-bond donors (Lipinski definition) is 0. The quantitative estimate of drug-likeness (QED) is 0.661.